The fourth-order valence-corrected chi connectivity index (χ4v) is 2.04. The van der Waals surface area contributed by atoms with Crippen molar-refractivity contribution in [2.24, 2.45) is 0 Å². The lowest BCUT2D eigenvalue weighted by Gasteiger charge is -2.21. The predicted octanol–water partition coefficient (Wildman–Crippen LogP) is 3.78. The Morgan fingerprint density at radius 3 is 2.15 bits per heavy atom. The molecule has 0 bridgehead atoms. The Labute approximate surface area is 116 Å². The fraction of sp³-hybridized carbons (Fsp3) is 0.188. The number of benzene rings is 2. The average Bonchev–Trinajstić information content (AvgIpc) is 2.40. The van der Waals surface area contributed by atoms with Crippen molar-refractivity contribution in [2.75, 3.05) is 11.9 Å². The van der Waals surface area contributed by atoms with Gasteiger partial charge in [-0.2, -0.15) is 5.26 Å². The average molecular weight is 272 g/mol. The molecule has 2 aromatic rings. The highest BCUT2D eigenvalue weighted by molar-refractivity contribution is 5.52. The van der Waals surface area contributed by atoms with Crippen LogP contribution in [0.3, 0.4) is 0 Å². The molecule has 2 nitrogen and oxygen atoms in total. The van der Waals surface area contributed by atoms with E-state index < -0.39 is 11.6 Å². The van der Waals surface area contributed by atoms with Crippen LogP contribution in [0.4, 0.5) is 14.5 Å². The van der Waals surface area contributed by atoms with Crippen LogP contribution < -0.4 is 4.90 Å². The van der Waals surface area contributed by atoms with E-state index in [1.54, 1.807) is 13.1 Å². The maximum atomic E-state index is 13.9. The zero-order valence-corrected chi connectivity index (χ0v) is 11.3. The minimum absolute atomic E-state index is 0.0208. The molecule has 0 aliphatic rings. The highest BCUT2D eigenvalue weighted by Crippen LogP contribution is 2.25. The Bertz CT molecular complexity index is 634. The van der Waals surface area contributed by atoms with Crippen LogP contribution >= 0.6 is 0 Å². The minimum atomic E-state index is -0.726. The van der Waals surface area contributed by atoms with Gasteiger partial charge in [0.1, 0.15) is 5.69 Å². The van der Waals surface area contributed by atoms with Gasteiger partial charge in [0.15, 0.2) is 11.6 Å². The molecule has 0 aromatic heterocycles. The van der Waals surface area contributed by atoms with Gasteiger partial charge in [-0.1, -0.05) is 29.8 Å². The van der Waals surface area contributed by atoms with E-state index in [-0.39, 0.29) is 11.3 Å². The maximum absolute atomic E-state index is 13.9. The van der Waals surface area contributed by atoms with Crippen LogP contribution in [0.25, 0.3) is 0 Å². The number of anilines is 1. The first-order valence-corrected chi connectivity index (χ1v) is 6.17. The summed E-state index contributed by atoms with van der Waals surface area (Å²) < 4.78 is 27.8. The van der Waals surface area contributed by atoms with Crippen molar-refractivity contribution in [2.45, 2.75) is 13.5 Å². The number of rotatable bonds is 3. The Balaban J connectivity index is 2.27. The molecule has 0 saturated carbocycles. The summed E-state index contributed by atoms with van der Waals surface area (Å²) in [6.45, 7) is 2.37. The Kier molecular flexibility index (Phi) is 3.99. The Morgan fingerprint density at radius 1 is 1.10 bits per heavy atom. The standard InChI is InChI=1S/C16H14F2N2/c1-11-3-5-12(6-4-11)10-20(2)16-14(17)7-13(9-19)8-15(16)18/h3-8H,10H2,1-2H3. The molecule has 0 heterocycles. The number of aryl methyl sites for hydroxylation is 1. The molecule has 4 heteroatoms. The second-order valence-corrected chi connectivity index (χ2v) is 4.74. The topological polar surface area (TPSA) is 27.0 Å². The second kappa shape index (κ2) is 5.70. The molecule has 2 rings (SSSR count). The predicted molar refractivity (Wildman–Crippen MR) is 74.4 cm³/mol. The van der Waals surface area contributed by atoms with E-state index in [9.17, 15) is 8.78 Å². The third-order valence-electron chi connectivity index (χ3n) is 3.07. The van der Waals surface area contributed by atoms with E-state index >= 15 is 0 Å². The summed E-state index contributed by atoms with van der Waals surface area (Å²) in [4.78, 5) is 1.50. The molecule has 102 valence electrons. The van der Waals surface area contributed by atoms with Gasteiger partial charge in [0.2, 0.25) is 0 Å². The van der Waals surface area contributed by atoms with Crippen LogP contribution in [0.2, 0.25) is 0 Å². The van der Waals surface area contributed by atoms with Crippen molar-refractivity contribution >= 4 is 5.69 Å². The van der Waals surface area contributed by atoms with Gasteiger partial charge in [-0.05, 0) is 24.6 Å². The van der Waals surface area contributed by atoms with E-state index in [1.165, 1.54) is 4.90 Å². The van der Waals surface area contributed by atoms with Gasteiger partial charge in [-0.25, -0.2) is 8.78 Å². The summed E-state index contributed by atoms with van der Waals surface area (Å²) in [5.41, 5.74) is 1.95. The van der Waals surface area contributed by atoms with Crippen LogP contribution in [-0.4, -0.2) is 7.05 Å². The van der Waals surface area contributed by atoms with E-state index in [1.807, 2.05) is 31.2 Å². The van der Waals surface area contributed by atoms with Gasteiger partial charge in [0.25, 0.3) is 0 Å². The third-order valence-corrected chi connectivity index (χ3v) is 3.07. The summed E-state index contributed by atoms with van der Waals surface area (Å²) in [5, 5.41) is 8.68. The minimum Gasteiger partial charge on any atom is -0.366 e. The molecule has 2 aromatic carbocycles. The van der Waals surface area contributed by atoms with Crippen molar-refractivity contribution in [3.63, 3.8) is 0 Å². The highest BCUT2D eigenvalue weighted by Gasteiger charge is 2.15. The molecule has 0 unspecified atom stereocenters. The zero-order valence-electron chi connectivity index (χ0n) is 11.3. The lowest BCUT2D eigenvalue weighted by atomic mass is 10.1. The number of nitriles is 1. The molecule has 0 atom stereocenters. The highest BCUT2D eigenvalue weighted by atomic mass is 19.1. The molecular formula is C16H14F2N2. The summed E-state index contributed by atoms with van der Waals surface area (Å²) in [6, 6.07) is 11.6. The van der Waals surface area contributed by atoms with Crippen LogP contribution in [0.1, 0.15) is 16.7 Å². The summed E-state index contributed by atoms with van der Waals surface area (Å²) >= 11 is 0. The molecular weight excluding hydrogens is 258 g/mol. The molecule has 0 amide bonds. The van der Waals surface area contributed by atoms with Gasteiger partial charge in [0, 0.05) is 13.6 Å². The largest absolute Gasteiger partial charge is 0.366 e. The SMILES string of the molecule is Cc1ccc(CN(C)c2c(F)cc(C#N)cc2F)cc1. The third kappa shape index (κ3) is 2.94. The van der Waals surface area contributed by atoms with Crippen LogP contribution in [0.5, 0.6) is 0 Å². The van der Waals surface area contributed by atoms with Gasteiger partial charge >= 0.3 is 0 Å². The lowest BCUT2D eigenvalue weighted by molar-refractivity contribution is 0.576. The van der Waals surface area contributed by atoms with E-state index in [2.05, 4.69) is 0 Å². The molecule has 0 radical (unpaired) electrons. The normalized spacial score (nSPS) is 10.2. The van der Waals surface area contributed by atoms with Crippen molar-refractivity contribution in [1.82, 2.24) is 0 Å². The molecule has 0 aliphatic carbocycles. The van der Waals surface area contributed by atoms with Gasteiger partial charge in [-0.3, -0.25) is 0 Å². The van der Waals surface area contributed by atoms with Gasteiger partial charge < -0.3 is 4.90 Å². The number of hydrogen-bond acceptors (Lipinski definition) is 2. The first-order valence-electron chi connectivity index (χ1n) is 6.17. The smallest absolute Gasteiger partial charge is 0.150 e. The molecule has 0 spiro atoms. The molecule has 0 fully saturated rings. The summed E-state index contributed by atoms with van der Waals surface area (Å²) in [6.07, 6.45) is 0. The Hall–Kier alpha value is -2.41. The molecule has 0 N–H and O–H groups in total. The zero-order chi connectivity index (χ0) is 14.7. The molecule has 20 heavy (non-hydrogen) atoms. The van der Waals surface area contributed by atoms with E-state index in [0.717, 1.165) is 23.3 Å². The number of halogens is 2. The van der Waals surface area contributed by atoms with E-state index in [0.29, 0.717) is 6.54 Å². The Morgan fingerprint density at radius 2 is 1.65 bits per heavy atom. The van der Waals surface area contributed by atoms with Crippen molar-refractivity contribution < 1.29 is 8.78 Å². The van der Waals surface area contributed by atoms with Crippen molar-refractivity contribution in [3.8, 4) is 6.07 Å². The first-order chi connectivity index (χ1) is 9.51. The molecule has 0 aliphatic heterocycles. The van der Waals surface area contributed by atoms with E-state index in [4.69, 9.17) is 5.26 Å². The quantitative estimate of drug-likeness (QED) is 0.850. The van der Waals surface area contributed by atoms with Crippen LogP contribution in [0.15, 0.2) is 36.4 Å². The first kappa shape index (κ1) is 14.0. The van der Waals surface area contributed by atoms with Gasteiger partial charge in [0.05, 0.1) is 11.6 Å². The molecule has 0 saturated heterocycles. The van der Waals surface area contributed by atoms with Crippen LogP contribution in [0, 0.1) is 29.9 Å². The monoisotopic (exact) mass is 272 g/mol. The van der Waals surface area contributed by atoms with Crippen molar-refractivity contribution in [3.05, 3.63) is 64.7 Å². The maximum Gasteiger partial charge on any atom is 0.150 e. The summed E-state index contributed by atoms with van der Waals surface area (Å²) in [5.74, 6) is -1.45. The van der Waals surface area contributed by atoms with Crippen LogP contribution in [-0.2, 0) is 6.54 Å². The second-order valence-electron chi connectivity index (χ2n) is 4.74. The van der Waals surface area contributed by atoms with Crippen molar-refractivity contribution in [1.29, 1.82) is 5.26 Å². The lowest BCUT2D eigenvalue weighted by Crippen LogP contribution is -2.19. The summed E-state index contributed by atoms with van der Waals surface area (Å²) in [7, 11) is 1.62. The number of nitrogens with zero attached hydrogens (tertiary/aromatic N) is 2. The van der Waals surface area contributed by atoms with Gasteiger partial charge in [-0.15, -0.1) is 0 Å². The fourth-order valence-electron chi connectivity index (χ4n) is 2.04. The number of hydrogen-bond donors (Lipinski definition) is 0.